The number of aromatic nitrogens is 1. The number of carbonyl (C=O) groups is 2. The Hall–Kier alpha value is -2.89. The third-order valence-electron chi connectivity index (χ3n) is 2.58. The first-order valence-electron chi connectivity index (χ1n) is 5.39. The molecule has 0 saturated carbocycles. The second-order valence-electron chi connectivity index (χ2n) is 3.88. The largest absolute Gasteiger partial charge is 0.476 e. The molecule has 0 atom stereocenters. The monoisotopic (exact) mass is 257 g/mol. The van der Waals surface area contributed by atoms with Crippen LogP contribution < -0.4 is 11.5 Å². The molecule has 0 bridgehead atoms. The lowest BCUT2D eigenvalue weighted by Gasteiger charge is -2.07. The van der Waals surface area contributed by atoms with Crippen molar-refractivity contribution in [2.75, 3.05) is 5.73 Å². The summed E-state index contributed by atoms with van der Waals surface area (Å²) in [5.74, 6) is -1.65. The Bertz CT molecular complexity index is 668. The molecule has 6 heteroatoms. The molecule has 2 aromatic rings. The lowest BCUT2D eigenvalue weighted by molar-refractivity contribution is 0.0691. The molecule has 0 radical (unpaired) electrons. The molecule has 1 heterocycles. The predicted molar refractivity (Wildman–Crippen MR) is 69.6 cm³/mol. The maximum atomic E-state index is 11.2. The van der Waals surface area contributed by atoms with Crippen molar-refractivity contribution < 1.29 is 14.7 Å². The fraction of sp³-hybridized carbons (Fsp3) is 0. The highest BCUT2D eigenvalue weighted by molar-refractivity contribution is 5.97. The molecule has 5 N–H and O–H groups in total. The fourth-order valence-corrected chi connectivity index (χ4v) is 1.71. The number of anilines is 1. The van der Waals surface area contributed by atoms with Crippen molar-refractivity contribution in [2.24, 2.45) is 5.73 Å². The van der Waals surface area contributed by atoms with Gasteiger partial charge in [-0.15, -0.1) is 0 Å². The van der Waals surface area contributed by atoms with E-state index in [2.05, 4.69) is 4.98 Å². The summed E-state index contributed by atoms with van der Waals surface area (Å²) in [7, 11) is 0. The fourth-order valence-electron chi connectivity index (χ4n) is 1.71. The Kier molecular flexibility index (Phi) is 3.15. The van der Waals surface area contributed by atoms with Gasteiger partial charge in [-0.05, 0) is 29.8 Å². The summed E-state index contributed by atoms with van der Waals surface area (Å²) in [6.45, 7) is 0. The number of nitrogens with two attached hydrogens (primary N) is 2. The summed E-state index contributed by atoms with van der Waals surface area (Å²) in [6.07, 6.45) is 0. The first-order valence-corrected chi connectivity index (χ1v) is 5.39. The molecule has 6 nitrogen and oxygen atoms in total. The van der Waals surface area contributed by atoms with Crippen LogP contribution in [0.25, 0.3) is 11.1 Å². The van der Waals surface area contributed by atoms with Crippen molar-refractivity contribution >= 4 is 17.7 Å². The molecule has 96 valence electrons. The van der Waals surface area contributed by atoms with Gasteiger partial charge in [-0.3, -0.25) is 4.79 Å². The van der Waals surface area contributed by atoms with Crippen LogP contribution in [-0.4, -0.2) is 22.0 Å². The number of nitrogens with zero attached hydrogens (tertiary/aromatic N) is 1. The van der Waals surface area contributed by atoms with Gasteiger partial charge in [0.25, 0.3) is 0 Å². The molecule has 0 aliphatic rings. The summed E-state index contributed by atoms with van der Waals surface area (Å²) >= 11 is 0. The van der Waals surface area contributed by atoms with Crippen LogP contribution in [0.5, 0.6) is 0 Å². The maximum Gasteiger partial charge on any atom is 0.355 e. The summed E-state index contributed by atoms with van der Waals surface area (Å²) in [4.78, 5) is 26.1. The van der Waals surface area contributed by atoms with E-state index in [9.17, 15) is 9.59 Å². The first-order chi connectivity index (χ1) is 8.99. The SMILES string of the molecule is NC(=O)c1cccc(-c2ccc(N)nc2C(=O)O)c1. The quantitative estimate of drug-likeness (QED) is 0.761. The second-order valence-corrected chi connectivity index (χ2v) is 3.88. The zero-order valence-electron chi connectivity index (χ0n) is 9.83. The summed E-state index contributed by atoms with van der Waals surface area (Å²) in [6, 6.07) is 9.41. The molecule has 19 heavy (non-hydrogen) atoms. The average Bonchev–Trinajstić information content (AvgIpc) is 2.38. The highest BCUT2D eigenvalue weighted by atomic mass is 16.4. The highest BCUT2D eigenvalue weighted by Crippen LogP contribution is 2.24. The molecule has 0 spiro atoms. The number of hydrogen-bond donors (Lipinski definition) is 3. The molecule has 1 aromatic heterocycles. The van der Waals surface area contributed by atoms with Gasteiger partial charge in [0, 0.05) is 11.1 Å². The van der Waals surface area contributed by atoms with Crippen molar-refractivity contribution in [3.05, 3.63) is 47.7 Å². The van der Waals surface area contributed by atoms with Crippen molar-refractivity contribution in [3.63, 3.8) is 0 Å². The second kappa shape index (κ2) is 4.77. The van der Waals surface area contributed by atoms with Gasteiger partial charge in [0.15, 0.2) is 5.69 Å². The van der Waals surface area contributed by atoms with E-state index < -0.39 is 11.9 Å². The Balaban J connectivity index is 2.61. The van der Waals surface area contributed by atoms with Gasteiger partial charge in [0.2, 0.25) is 5.91 Å². The minimum Gasteiger partial charge on any atom is -0.476 e. The van der Waals surface area contributed by atoms with E-state index in [4.69, 9.17) is 16.6 Å². The topological polar surface area (TPSA) is 119 Å². The summed E-state index contributed by atoms with van der Waals surface area (Å²) in [5, 5.41) is 9.12. The van der Waals surface area contributed by atoms with E-state index in [1.807, 2.05) is 0 Å². The number of aromatic carboxylic acids is 1. The van der Waals surface area contributed by atoms with E-state index in [1.165, 1.54) is 12.1 Å². The molecule has 0 unspecified atom stereocenters. The molecule has 0 aliphatic heterocycles. The lowest BCUT2D eigenvalue weighted by Crippen LogP contribution is -2.11. The van der Waals surface area contributed by atoms with Crippen LogP contribution in [0.1, 0.15) is 20.8 Å². The van der Waals surface area contributed by atoms with Crippen molar-refractivity contribution in [3.8, 4) is 11.1 Å². The van der Waals surface area contributed by atoms with Crippen molar-refractivity contribution in [1.82, 2.24) is 4.98 Å². The Morgan fingerprint density at radius 1 is 1.16 bits per heavy atom. The van der Waals surface area contributed by atoms with E-state index in [0.717, 1.165) is 0 Å². The zero-order chi connectivity index (χ0) is 14.0. The molecule has 2 rings (SSSR count). The van der Waals surface area contributed by atoms with E-state index >= 15 is 0 Å². The lowest BCUT2D eigenvalue weighted by atomic mass is 10.0. The normalized spacial score (nSPS) is 10.1. The molecule has 0 fully saturated rings. The number of amides is 1. The molecular weight excluding hydrogens is 246 g/mol. The average molecular weight is 257 g/mol. The Morgan fingerprint density at radius 3 is 2.53 bits per heavy atom. The molecule has 1 aromatic carbocycles. The van der Waals surface area contributed by atoms with Crippen LogP contribution in [0.15, 0.2) is 36.4 Å². The minimum atomic E-state index is -1.19. The van der Waals surface area contributed by atoms with Crippen LogP contribution in [-0.2, 0) is 0 Å². The van der Waals surface area contributed by atoms with Crippen LogP contribution in [0.4, 0.5) is 5.82 Å². The highest BCUT2D eigenvalue weighted by Gasteiger charge is 2.14. The molecule has 0 saturated heterocycles. The number of carbonyl (C=O) groups excluding carboxylic acids is 1. The summed E-state index contributed by atoms with van der Waals surface area (Å²) in [5.41, 5.74) is 11.7. The third kappa shape index (κ3) is 2.52. The van der Waals surface area contributed by atoms with Gasteiger partial charge in [0.1, 0.15) is 5.82 Å². The number of primary amides is 1. The third-order valence-corrected chi connectivity index (χ3v) is 2.58. The number of pyridine rings is 1. The van der Waals surface area contributed by atoms with E-state index in [0.29, 0.717) is 16.7 Å². The van der Waals surface area contributed by atoms with E-state index in [-0.39, 0.29) is 11.5 Å². The Labute approximate surface area is 108 Å². The standard InChI is InChI=1S/C13H11N3O3/c14-10-5-4-9(11(16-10)13(18)19)7-2-1-3-8(6-7)12(15)17/h1-6H,(H2,14,16)(H2,15,17)(H,18,19). The number of hydrogen-bond acceptors (Lipinski definition) is 4. The van der Waals surface area contributed by atoms with Gasteiger partial charge in [-0.2, -0.15) is 0 Å². The van der Waals surface area contributed by atoms with E-state index in [1.54, 1.807) is 24.3 Å². The number of carboxylic acid groups (broad SMARTS) is 1. The molecule has 0 aliphatic carbocycles. The minimum absolute atomic E-state index is 0.118. The number of carboxylic acids is 1. The molecule has 1 amide bonds. The smallest absolute Gasteiger partial charge is 0.355 e. The number of nitrogen functional groups attached to an aromatic ring is 1. The maximum absolute atomic E-state index is 11.2. The van der Waals surface area contributed by atoms with Crippen LogP contribution in [0, 0.1) is 0 Å². The van der Waals surface area contributed by atoms with Crippen LogP contribution in [0.3, 0.4) is 0 Å². The van der Waals surface area contributed by atoms with Crippen LogP contribution >= 0.6 is 0 Å². The zero-order valence-corrected chi connectivity index (χ0v) is 9.83. The first kappa shape index (κ1) is 12.6. The molecular formula is C13H11N3O3. The van der Waals surface area contributed by atoms with Gasteiger partial charge in [0.05, 0.1) is 0 Å². The van der Waals surface area contributed by atoms with Gasteiger partial charge >= 0.3 is 5.97 Å². The van der Waals surface area contributed by atoms with Gasteiger partial charge < -0.3 is 16.6 Å². The number of benzene rings is 1. The van der Waals surface area contributed by atoms with Crippen LogP contribution in [0.2, 0.25) is 0 Å². The number of rotatable bonds is 3. The van der Waals surface area contributed by atoms with Crippen molar-refractivity contribution in [2.45, 2.75) is 0 Å². The summed E-state index contributed by atoms with van der Waals surface area (Å²) < 4.78 is 0. The predicted octanol–water partition coefficient (Wildman–Crippen LogP) is 1.13. The van der Waals surface area contributed by atoms with Crippen molar-refractivity contribution in [1.29, 1.82) is 0 Å². The van der Waals surface area contributed by atoms with Gasteiger partial charge in [-0.1, -0.05) is 12.1 Å². The van der Waals surface area contributed by atoms with Gasteiger partial charge in [-0.25, -0.2) is 9.78 Å². The Morgan fingerprint density at radius 2 is 1.89 bits per heavy atom.